The number of ether oxygens (including phenoxy) is 1. The maximum atomic E-state index is 12.5. The van der Waals surface area contributed by atoms with Crippen LogP contribution in [0.1, 0.15) is 5.56 Å². The molecule has 1 fully saturated rings. The molecular weight excluding hydrogens is 302 g/mol. The van der Waals surface area contributed by atoms with Crippen molar-refractivity contribution in [1.82, 2.24) is 0 Å². The summed E-state index contributed by atoms with van der Waals surface area (Å²) in [6.07, 6.45) is 0.520. The third kappa shape index (κ3) is 4.13. The third-order valence-corrected chi connectivity index (χ3v) is 4.15. The molecule has 3 rings (SSSR count). The molecule has 0 radical (unpaired) electrons. The molecule has 1 aliphatic heterocycles. The number of morpholine rings is 1. The van der Waals surface area contributed by atoms with E-state index < -0.39 is 6.04 Å². The molecular formula is C19H23N3O2. The lowest BCUT2D eigenvalue weighted by molar-refractivity contribution is -0.117. The van der Waals surface area contributed by atoms with Gasteiger partial charge in [0.2, 0.25) is 5.91 Å². The largest absolute Gasteiger partial charge is 0.378 e. The lowest BCUT2D eigenvalue weighted by atomic mass is 10.1. The summed E-state index contributed by atoms with van der Waals surface area (Å²) in [5, 5.41) is 2.98. The van der Waals surface area contributed by atoms with E-state index >= 15 is 0 Å². The Kier molecular flexibility index (Phi) is 5.46. The maximum Gasteiger partial charge on any atom is 0.241 e. The van der Waals surface area contributed by atoms with Gasteiger partial charge in [0.1, 0.15) is 0 Å². The van der Waals surface area contributed by atoms with Crippen molar-refractivity contribution < 1.29 is 9.53 Å². The van der Waals surface area contributed by atoms with Crippen molar-refractivity contribution in [2.45, 2.75) is 12.5 Å². The fourth-order valence-corrected chi connectivity index (χ4v) is 2.85. The number of anilines is 2. The molecule has 126 valence electrons. The van der Waals surface area contributed by atoms with E-state index in [9.17, 15) is 4.79 Å². The first kappa shape index (κ1) is 16.5. The predicted octanol–water partition coefficient (Wildman–Crippen LogP) is 2.03. The highest BCUT2D eigenvalue weighted by molar-refractivity contribution is 5.97. The molecule has 1 atom stereocenters. The molecule has 0 spiro atoms. The minimum Gasteiger partial charge on any atom is -0.378 e. The van der Waals surface area contributed by atoms with E-state index in [2.05, 4.69) is 10.2 Å². The lowest BCUT2D eigenvalue weighted by Crippen LogP contribution is -2.39. The van der Waals surface area contributed by atoms with Gasteiger partial charge in [-0.3, -0.25) is 4.79 Å². The number of hydrogen-bond acceptors (Lipinski definition) is 4. The van der Waals surface area contributed by atoms with Crippen LogP contribution in [-0.4, -0.2) is 38.3 Å². The highest BCUT2D eigenvalue weighted by Crippen LogP contribution is 2.26. The van der Waals surface area contributed by atoms with Crippen LogP contribution in [0.5, 0.6) is 0 Å². The smallest absolute Gasteiger partial charge is 0.241 e. The summed E-state index contributed by atoms with van der Waals surface area (Å²) in [5.41, 5.74) is 8.95. The van der Waals surface area contributed by atoms with Crippen molar-refractivity contribution in [1.29, 1.82) is 0 Å². The van der Waals surface area contributed by atoms with Gasteiger partial charge in [-0.1, -0.05) is 42.5 Å². The quantitative estimate of drug-likeness (QED) is 0.883. The Bertz CT molecular complexity index is 669. The van der Waals surface area contributed by atoms with Crippen molar-refractivity contribution in [3.05, 3.63) is 60.2 Å². The molecule has 0 unspecified atom stereocenters. The number of amides is 1. The van der Waals surface area contributed by atoms with Gasteiger partial charge in [-0.05, 0) is 24.1 Å². The Morgan fingerprint density at radius 2 is 1.75 bits per heavy atom. The number of para-hydroxylation sites is 2. The summed E-state index contributed by atoms with van der Waals surface area (Å²) in [5.74, 6) is -0.167. The number of hydrogen-bond donors (Lipinski definition) is 2. The van der Waals surface area contributed by atoms with Crippen LogP contribution in [0.4, 0.5) is 11.4 Å². The van der Waals surface area contributed by atoms with E-state index in [1.807, 2.05) is 54.6 Å². The normalized spacial score (nSPS) is 15.8. The number of carbonyl (C=O) groups is 1. The molecule has 1 heterocycles. The van der Waals surface area contributed by atoms with Gasteiger partial charge in [0.05, 0.1) is 30.6 Å². The average molecular weight is 325 g/mol. The number of carbonyl (C=O) groups excluding carboxylic acids is 1. The van der Waals surface area contributed by atoms with Crippen LogP contribution in [0.3, 0.4) is 0 Å². The van der Waals surface area contributed by atoms with Gasteiger partial charge in [0.25, 0.3) is 0 Å². The fourth-order valence-electron chi connectivity index (χ4n) is 2.85. The van der Waals surface area contributed by atoms with E-state index in [0.717, 1.165) is 30.0 Å². The summed E-state index contributed by atoms with van der Waals surface area (Å²) < 4.78 is 5.40. The second-order valence-corrected chi connectivity index (χ2v) is 5.90. The maximum absolute atomic E-state index is 12.5. The number of rotatable bonds is 5. The van der Waals surface area contributed by atoms with Crippen LogP contribution in [0.25, 0.3) is 0 Å². The number of nitrogens with one attached hydrogen (secondary N) is 1. The van der Waals surface area contributed by atoms with Crippen LogP contribution in [0.2, 0.25) is 0 Å². The zero-order chi connectivity index (χ0) is 16.8. The number of benzene rings is 2. The van der Waals surface area contributed by atoms with Crippen LogP contribution in [-0.2, 0) is 16.0 Å². The molecule has 5 heteroatoms. The van der Waals surface area contributed by atoms with E-state index in [-0.39, 0.29) is 5.91 Å². The topological polar surface area (TPSA) is 67.6 Å². The fraction of sp³-hybridized carbons (Fsp3) is 0.316. The molecule has 1 aliphatic rings. The standard InChI is InChI=1S/C19H23N3O2/c20-16(14-15-6-2-1-3-7-15)19(23)21-17-8-4-5-9-18(17)22-10-12-24-13-11-22/h1-9,16H,10-14,20H2,(H,21,23)/t16-/m0/s1. The van der Waals surface area contributed by atoms with Gasteiger partial charge in [-0.25, -0.2) is 0 Å². The van der Waals surface area contributed by atoms with E-state index in [1.165, 1.54) is 0 Å². The second kappa shape index (κ2) is 7.95. The van der Waals surface area contributed by atoms with Crippen molar-refractivity contribution in [3.63, 3.8) is 0 Å². The van der Waals surface area contributed by atoms with Gasteiger partial charge < -0.3 is 20.7 Å². The minimum atomic E-state index is -0.579. The highest BCUT2D eigenvalue weighted by atomic mass is 16.5. The van der Waals surface area contributed by atoms with Crippen LogP contribution < -0.4 is 16.0 Å². The Balaban J connectivity index is 1.67. The molecule has 5 nitrogen and oxygen atoms in total. The third-order valence-electron chi connectivity index (χ3n) is 4.15. The summed E-state index contributed by atoms with van der Waals surface area (Å²) in [7, 11) is 0. The number of nitrogens with zero attached hydrogens (tertiary/aromatic N) is 1. The van der Waals surface area contributed by atoms with Crippen molar-refractivity contribution in [3.8, 4) is 0 Å². The second-order valence-electron chi connectivity index (χ2n) is 5.90. The molecule has 0 aromatic heterocycles. The molecule has 24 heavy (non-hydrogen) atoms. The Hall–Kier alpha value is -2.37. The van der Waals surface area contributed by atoms with Crippen LogP contribution >= 0.6 is 0 Å². The monoisotopic (exact) mass is 325 g/mol. The summed E-state index contributed by atoms with van der Waals surface area (Å²) in [6, 6.07) is 17.1. The summed E-state index contributed by atoms with van der Waals surface area (Å²) in [6.45, 7) is 3.05. The van der Waals surface area contributed by atoms with Gasteiger partial charge in [-0.2, -0.15) is 0 Å². The number of nitrogens with two attached hydrogens (primary N) is 1. The highest BCUT2D eigenvalue weighted by Gasteiger charge is 2.18. The molecule has 2 aromatic rings. The van der Waals surface area contributed by atoms with E-state index in [1.54, 1.807) is 0 Å². The van der Waals surface area contributed by atoms with Gasteiger partial charge in [0.15, 0.2) is 0 Å². The summed E-state index contributed by atoms with van der Waals surface area (Å²) >= 11 is 0. The first-order chi connectivity index (χ1) is 11.7. The van der Waals surface area contributed by atoms with Crippen molar-refractivity contribution >= 4 is 17.3 Å². The van der Waals surface area contributed by atoms with Crippen LogP contribution in [0.15, 0.2) is 54.6 Å². The minimum absolute atomic E-state index is 0.167. The Morgan fingerprint density at radius 1 is 1.08 bits per heavy atom. The molecule has 1 amide bonds. The van der Waals surface area contributed by atoms with Crippen LogP contribution in [0, 0.1) is 0 Å². The van der Waals surface area contributed by atoms with E-state index in [0.29, 0.717) is 19.6 Å². The lowest BCUT2D eigenvalue weighted by Gasteiger charge is -2.30. The first-order valence-electron chi connectivity index (χ1n) is 8.26. The zero-order valence-electron chi connectivity index (χ0n) is 13.7. The molecule has 0 saturated carbocycles. The first-order valence-corrected chi connectivity index (χ1v) is 8.26. The zero-order valence-corrected chi connectivity index (χ0v) is 13.7. The van der Waals surface area contributed by atoms with Gasteiger partial charge in [-0.15, -0.1) is 0 Å². The van der Waals surface area contributed by atoms with Crippen molar-refractivity contribution in [2.75, 3.05) is 36.5 Å². The SMILES string of the molecule is N[C@@H](Cc1ccccc1)C(=O)Nc1ccccc1N1CCOCC1. The van der Waals surface area contributed by atoms with Gasteiger partial charge in [0, 0.05) is 13.1 Å². The molecule has 2 aromatic carbocycles. The summed E-state index contributed by atoms with van der Waals surface area (Å²) in [4.78, 5) is 14.7. The average Bonchev–Trinajstić information content (AvgIpc) is 2.63. The van der Waals surface area contributed by atoms with E-state index in [4.69, 9.17) is 10.5 Å². The molecule has 0 bridgehead atoms. The van der Waals surface area contributed by atoms with Gasteiger partial charge >= 0.3 is 0 Å². The molecule has 0 aliphatic carbocycles. The predicted molar refractivity (Wildman–Crippen MR) is 96.2 cm³/mol. The van der Waals surface area contributed by atoms with Crippen molar-refractivity contribution in [2.24, 2.45) is 5.73 Å². The molecule has 3 N–H and O–H groups in total. The Morgan fingerprint density at radius 3 is 2.50 bits per heavy atom. The molecule has 1 saturated heterocycles. The Labute approximate surface area is 142 Å².